The van der Waals surface area contributed by atoms with Crippen LogP contribution in [-0.2, 0) is 10.4 Å². The van der Waals surface area contributed by atoms with Crippen molar-refractivity contribution in [2.45, 2.75) is 44.1 Å². The van der Waals surface area contributed by atoms with E-state index in [0.717, 1.165) is 50.9 Å². The second-order valence-corrected chi connectivity index (χ2v) is 12.2. The molecular formula is C29H35BrClF2N3O3. The van der Waals surface area contributed by atoms with Crippen LogP contribution in [0.4, 0.5) is 14.5 Å². The molecule has 6 nitrogen and oxygen atoms in total. The Kier molecular flexibility index (Phi) is 9.55. The van der Waals surface area contributed by atoms with Crippen LogP contribution in [0.5, 0.6) is 0 Å². The molecule has 1 N–H and O–H groups in total. The Morgan fingerprint density at radius 3 is 2.21 bits per heavy atom. The van der Waals surface area contributed by atoms with Crippen LogP contribution >= 0.6 is 27.5 Å². The molecule has 39 heavy (non-hydrogen) atoms. The number of carbonyl (C=O) groups excluding carboxylic acids is 2. The van der Waals surface area contributed by atoms with E-state index >= 15 is 0 Å². The molecule has 4 rings (SSSR count). The number of benzene rings is 2. The zero-order chi connectivity index (χ0) is 28.3. The van der Waals surface area contributed by atoms with Gasteiger partial charge in [0.05, 0.1) is 10.6 Å². The van der Waals surface area contributed by atoms with Crippen molar-refractivity contribution in [1.82, 2.24) is 9.80 Å². The van der Waals surface area contributed by atoms with Crippen LogP contribution in [0.25, 0.3) is 0 Å². The number of anilines is 1. The Balaban J connectivity index is 1.28. The number of likely N-dealkylation sites (tertiary alicyclic amines) is 1. The summed E-state index contributed by atoms with van der Waals surface area (Å²) in [5, 5.41) is 11.3. The van der Waals surface area contributed by atoms with Crippen LogP contribution in [-0.4, -0.2) is 73.4 Å². The molecule has 0 bridgehead atoms. The standard InChI is InChI=1S/C29H35BrClF2N3O3/c1-34(2)26(37)24-7-6-23(18-25(24)31)35-12-8-19(9-13-35)16-20-10-14-36(15-11-20)28(38)29(39,27(32)33)21-4-3-5-22(30)17-21/h3-7,17-20,27,39H,8-16H2,1-2H3/t29-/m0/s1. The maximum Gasteiger partial charge on any atom is 0.280 e. The molecule has 0 aliphatic carbocycles. The Labute approximate surface area is 242 Å². The summed E-state index contributed by atoms with van der Waals surface area (Å²) < 4.78 is 28.6. The Hall–Kier alpha value is -2.23. The van der Waals surface area contributed by atoms with Crippen molar-refractivity contribution in [3.05, 3.63) is 63.1 Å². The number of rotatable bonds is 7. The normalized spacial score (nSPS) is 18.8. The fourth-order valence-electron chi connectivity index (χ4n) is 5.69. The lowest BCUT2D eigenvalue weighted by Crippen LogP contribution is -2.53. The summed E-state index contributed by atoms with van der Waals surface area (Å²) in [6, 6.07) is 11.5. The lowest BCUT2D eigenvalue weighted by molar-refractivity contribution is -0.173. The van der Waals surface area contributed by atoms with Crippen molar-refractivity contribution in [2.75, 3.05) is 45.2 Å². The number of halogens is 4. The van der Waals surface area contributed by atoms with Crippen LogP contribution < -0.4 is 4.90 Å². The molecule has 0 unspecified atom stereocenters. The Bertz CT molecular complexity index is 1180. The predicted molar refractivity (Wildman–Crippen MR) is 152 cm³/mol. The average Bonchev–Trinajstić information content (AvgIpc) is 2.92. The molecule has 2 aromatic rings. The van der Waals surface area contributed by atoms with Crippen LogP contribution in [0.15, 0.2) is 46.9 Å². The molecule has 212 valence electrons. The van der Waals surface area contributed by atoms with Gasteiger partial charge in [0, 0.05) is 50.4 Å². The lowest BCUT2D eigenvalue weighted by Gasteiger charge is -2.39. The third-order valence-electron chi connectivity index (χ3n) is 8.04. The fourth-order valence-corrected chi connectivity index (χ4v) is 6.35. The van der Waals surface area contributed by atoms with Crippen LogP contribution in [0.3, 0.4) is 0 Å². The molecule has 1 atom stereocenters. The molecule has 0 radical (unpaired) electrons. The molecule has 2 heterocycles. The molecule has 2 aliphatic rings. The highest BCUT2D eigenvalue weighted by atomic mass is 79.9. The van der Waals surface area contributed by atoms with Gasteiger partial charge in [-0.2, -0.15) is 0 Å². The van der Waals surface area contributed by atoms with E-state index in [2.05, 4.69) is 20.8 Å². The first-order valence-corrected chi connectivity index (χ1v) is 14.5. The molecule has 0 aromatic heterocycles. The Morgan fingerprint density at radius 1 is 1.05 bits per heavy atom. The molecule has 2 amide bonds. The first-order valence-electron chi connectivity index (χ1n) is 13.3. The third-order valence-corrected chi connectivity index (χ3v) is 8.85. The number of nitrogens with zero attached hydrogens (tertiary/aromatic N) is 3. The van der Waals surface area contributed by atoms with E-state index in [1.54, 1.807) is 26.2 Å². The van der Waals surface area contributed by atoms with Gasteiger partial charge in [0.2, 0.25) is 5.60 Å². The monoisotopic (exact) mass is 625 g/mol. The summed E-state index contributed by atoms with van der Waals surface area (Å²) in [6.45, 7) is 2.52. The molecule has 2 saturated heterocycles. The SMILES string of the molecule is CN(C)C(=O)c1ccc(N2CCC(CC3CCN(C(=O)[C@](O)(c4cccc(Br)c4)C(F)F)CC3)CC2)cc1Cl. The summed E-state index contributed by atoms with van der Waals surface area (Å²) in [5.41, 5.74) is -1.46. The molecule has 2 fully saturated rings. The summed E-state index contributed by atoms with van der Waals surface area (Å²) in [5.74, 6) is -0.0792. The maximum absolute atomic E-state index is 14.0. The third kappa shape index (κ3) is 6.57. The van der Waals surface area contributed by atoms with Crippen molar-refractivity contribution in [3.63, 3.8) is 0 Å². The van der Waals surface area contributed by atoms with Gasteiger partial charge in [-0.1, -0.05) is 39.7 Å². The highest BCUT2D eigenvalue weighted by Crippen LogP contribution is 2.36. The highest BCUT2D eigenvalue weighted by Gasteiger charge is 2.50. The van der Waals surface area contributed by atoms with E-state index in [-0.39, 0.29) is 11.5 Å². The largest absolute Gasteiger partial charge is 0.371 e. The Morgan fingerprint density at radius 2 is 1.67 bits per heavy atom. The fraction of sp³-hybridized carbons (Fsp3) is 0.517. The van der Waals surface area contributed by atoms with E-state index in [1.165, 1.54) is 28.0 Å². The van der Waals surface area contributed by atoms with E-state index in [9.17, 15) is 23.5 Å². The van der Waals surface area contributed by atoms with E-state index in [0.29, 0.717) is 40.0 Å². The predicted octanol–water partition coefficient (Wildman–Crippen LogP) is 5.80. The van der Waals surface area contributed by atoms with Crippen LogP contribution in [0.2, 0.25) is 5.02 Å². The minimum absolute atomic E-state index is 0.106. The molecule has 0 saturated carbocycles. The number of piperidine rings is 2. The van der Waals surface area contributed by atoms with Gasteiger partial charge in [-0.15, -0.1) is 0 Å². The number of alkyl halides is 2. The van der Waals surface area contributed by atoms with Crippen LogP contribution in [0.1, 0.15) is 48.0 Å². The van der Waals surface area contributed by atoms with E-state index < -0.39 is 17.9 Å². The number of aliphatic hydroxyl groups is 1. The lowest BCUT2D eigenvalue weighted by atomic mass is 9.82. The second-order valence-electron chi connectivity index (χ2n) is 10.8. The molecule has 0 spiro atoms. The van der Waals surface area contributed by atoms with Crippen molar-refractivity contribution in [2.24, 2.45) is 11.8 Å². The summed E-state index contributed by atoms with van der Waals surface area (Å²) in [4.78, 5) is 30.5. The minimum atomic E-state index is -3.23. The molecular weight excluding hydrogens is 592 g/mol. The van der Waals surface area contributed by atoms with Gasteiger partial charge in [-0.25, -0.2) is 8.78 Å². The van der Waals surface area contributed by atoms with Gasteiger partial charge in [0.25, 0.3) is 18.2 Å². The van der Waals surface area contributed by atoms with Crippen molar-refractivity contribution in [1.29, 1.82) is 0 Å². The second kappa shape index (κ2) is 12.5. The molecule has 2 aliphatic heterocycles. The van der Waals surface area contributed by atoms with Gasteiger partial charge in [0.1, 0.15) is 0 Å². The number of hydrogen-bond acceptors (Lipinski definition) is 4. The van der Waals surface area contributed by atoms with E-state index in [1.807, 2.05) is 12.1 Å². The zero-order valence-corrected chi connectivity index (χ0v) is 24.6. The van der Waals surface area contributed by atoms with Gasteiger partial charge in [-0.05, 0) is 79.8 Å². The van der Waals surface area contributed by atoms with Gasteiger partial charge in [0.15, 0.2) is 0 Å². The van der Waals surface area contributed by atoms with Crippen LogP contribution in [0, 0.1) is 11.8 Å². The minimum Gasteiger partial charge on any atom is -0.371 e. The summed E-state index contributed by atoms with van der Waals surface area (Å²) in [7, 11) is 3.40. The number of carbonyl (C=O) groups is 2. The first-order chi connectivity index (χ1) is 18.5. The molecule has 2 aromatic carbocycles. The summed E-state index contributed by atoms with van der Waals surface area (Å²) in [6.07, 6.45) is 1.34. The van der Waals surface area contributed by atoms with Crippen molar-refractivity contribution >= 4 is 45.0 Å². The van der Waals surface area contributed by atoms with Crippen molar-refractivity contribution < 1.29 is 23.5 Å². The first kappa shape index (κ1) is 29.7. The van der Waals surface area contributed by atoms with Gasteiger partial charge >= 0.3 is 0 Å². The zero-order valence-electron chi connectivity index (χ0n) is 22.3. The summed E-state index contributed by atoms with van der Waals surface area (Å²) >= 11 is 9.64. The van der Waals surface area contributed by atoms with Gasteiger partial charge < -0.3 is 19.8 Å². The average molecular weight is 627 g/mol. The quantitative estimate of drug-likeness (QED) is 0.422. The maximum atomic E-state index is 14.0. The smallest absolute Gasteiger partial charge is 0.280 e. The van der Waals surface area contributed by atoms with Crippen molar-refractivity contribution in [3.8, 4) is 0 Å². The molecule has 10 heteroatoms. The topological polar surface area (TPSA) is 64.1 Å². The van der Waals surface area contributed by atoms with Gasteiger partial charge in [-0.3, -0.25) is 9.59 Å². The number of amides is 2. The van der Waals surface area contributed by atoms with E-state index in [4.69, 9.17) is 11.6 Å². The number of hydrogen-bond donors (Lipinski definition) is 1. The highest BCUT2D eigenvalue weighted by molar-refractivity contribution is 9.10.